The van der Waals surface area contributed by atoms with Gasteiger partial charge in [-0.3, -0.25) is 0 Å². The summed E-state index contributed by atoms with van der Waals surface area (Å²) in [7, 11) is 0. The van der Waals surface area contributed by atoms with Gasteiger partial charge in [-0.1, -0.05) is 30.9 Å². The van der Waals surface area contributed by atoms with Gasteiger partial charge in [-0.15, -0.1) is 16.4 Å². The average molecular weight is 741 g/mol. The highest BCUT2D eigenvalue weighted by Gasteiger charge is 2.55. The molecule has 0 radical (unpaired) electrons. The molecule has 2 unspecified atom stereocenters. The lowest BCUT2D eigenvalue weighted by Gasteiger charge is -2.42. The largest absolute Gasteiger partial charge is 0.215 e. The summed E-state index contributed by atoms with van der Waals surface area (Å²) in [5.74, 6) is -49.3. The molecule has 20 heteroatoms. The predicted octanol–water partition coefficient (Wildman–Crippen LogP) is 10.0. The van der Waals surface area contributed by atoms with Crippen LogP contribution in [0.2, 0.25) is 0 Å². The predicted molar refractivity (Wildman–Crippen MR) is 146 cm³/mol. The first-order valence-corrected chi connectivity index (χ1v) is 21.4. The Bertz CT molecular complexity index is 1960. The van der Waals surface area contributed by atoms with Crippen LogP contribution in [0.25, 0.3) is 5.30 Å². The van der Waals surface area contributed by atoms with Crippen LogP contribution in [0.15, 0.2) is 18.2 Å². The summed E-state index contributed by atoms with van der Waals surface area (Å²) in [6.07, 6.45) is -3.89. The van der Waals surface area contributed by atoms with Gasteiger partial charge in [0.1, 0.15) is 34.9 Å². The second-order valence-electron chi connectivity index (χ2n) is 10.2. The SMILES string of the molecule is Cc1cccc(C)c1-p1p2p([B-](c3c(F)c(F)c(F)c(F)c3F)(c3c(F)c(F)c(F)c(F)c3F)c3c(F)c(F)c(F)c(F)c3F)p12. The lowest BCUT2D eigenvalue weighted by Crippen LogP contribution is -2.70. The van der Waals surface area contributed by atoms with Crippen LogP contribution in [-0.2, 0) is 0 Å². The molecule has 0 amide bonds. The number of benzene rings is 4. The van der Waals surface area contributed by atoms with Crippen molar-refractivity contribution in [1.82, 2.24) is 0 Å². The van der Waals surface area contributed by atoms with Crippen LogP contribution in [0.4, 0.5) is 65.9 Å². The van der Waals surface area contributed by atoms with Gasteiger partial charge < -0.3 is 0 Å². The minimum absolute atomic E-state index is 0.588. The number of rotatable bonds is 5. The van der Waals surface area contributed by atoms with E-state index in [0.29, 0.717) is 16.4 Å². The third-order valence-electron chi connectivity index (χ3n) is 7.77. The van der Waals surface area contributed by atoms with Crippen LogP contribution in [0.5, 0.6) is 0 Å². The minimum Gasteiger partial charge on any atom is -0.215 e. The van der Waals surface area contributed by atoms with E-state index in [9.17, 15) is 39.5 Å². The van der Waals surface area contributed by atoms with E-state index in [-0.39, 0.29) is 0 Å². The van der Waals surface area contributed by atoms with E-state index in [2.05, 4.69) is 0 Å². The fourth-order valence-electron chi connectivity index (χ4n) is 5.73. The highest BCUT2D eigenvalue weighted by atomic mass is 33.1. The Morgan fingerprint density at radius 3 is 0.891 bits per heavy atom. The molecular formula is C26H9BF15P4-. The van der Waals surface area contributed by atoms with E-state index < -0.39 is 136 Å². The van der Waals surface area contributed by atoms with Gasteiger partial charge in [0, 0.05) is 5.30 Å². The summed E-state index contributed by atoms with van der Waals surface area (Å²) >= 11 is 0. The molecule has 46 heavy (non-hydrogen) atoms. The standard InChI is InChI=1S/C26H9BF15P4/c1-6-4-3-5-7(2)26(6)43-45-44(46(43)45)27(8-11(28)17(34)23(40)18(35)12(8)29,9-13(30)19(36)24(41)20(37)14(9)31)10-15(32)21(38)25(42)22(39)16(10)33/h3-5H,1-2H3/q-1. The zero-order chi connectivity index (χ0) is 34.1. The van der Waals surface area contributed by atoms with Crippen LogP contribution >= 0.6 is 26.4 Å². The van der Waals surface area contributed by atoms with Crippen LogP contribution in [0.3, 0.4) is 0 Å². The minimum atomic E-state index is -5.36. The maximum atomic E-state index is 15.7. The Morgan fingerprint density at radius 2 is 0.630 bits per heavy atom. The molecule has 2 atom stereocenters. The van der Waals surface area contributed by atoms with Crippen LogP contribution < -0.4 is 16.4 Å². The van der Waals surface area contributed by atoms with E-state index in [1.807, 2.05) is 0 Å². The molecule has 0 N–H and O–H groups in total. The van der Waals surface area contributed by atoms with Gasteiger partial charge in [-0.25, -0.2) is 72.6 Å². The molecular weight excluding hydrogens is 732 g/mol. The second-order valence-corrected chi connectivity index (χ2v) is 33.4. The van der Waals surface area contributed by atoms with Crippen molar-refractivity contribution >= 4 is 48.6 Å². The highest BCUT2D eigenvalue weighted by Crippen LogP contribution is 3.13. The lowest BCUT2D eigenvalue weighted by molar-refractivity contribution is 0.380. The molecule has 0 aliphatic rings. The molecule has 242 valence electrons. The number of aryl methyl sites for hydroxylation is 2. The Balaban J connectivity index is 1.94. The number of fused-ring (bicyclic) bond motifs is 1. The van der Waals surface area contributed by atoms with Crippen molar-refractivity contribution in [1.29, 1.82) is 0 Å². The van der Waals surface area contributed by atoms with Gasteiger partial charge in [0.05, 0.1) is 0 Å². The highest BCUT2D eigenvalue weighted by molar-refractivity contribution is 9.13. The first-order valence-electron chi connectivity index (χ1n) is 12.4. The van der Waals surface area contributed by atoms with Crippen LogP contribution in [-0.4, -0.2) is 5.87 Å². The molecule has 0 spiro atoms. The molecule has 0 aliphatic carbocycles. The van der Waals surface area contributed by atoms with E-state index in [1.54, 1.807) is 32.0 Å². The third kappa shape index (κ3) is 4.09. The molecule has 0 nitrogen and oxygen atoms in total. The first-order chi connectivity index (χ1) is 21.5. The monoisotopic (exact) mass is 741 g/mol. The molecule has 0 saturated heterocycles. The normalized spacial score (nSPS) is 14.0. The molecule has 2 heterocycles. The zero-order valence-electron chi connectivity index (χ0n) is 22.3. The molecule has 0 bridgehead atoms. The molecule has 0 fully saturated rings. The summed E-state index contributed by atoms with van der Waals surface area (Å²) in [4.78, 5) is 0. The summed E-state index contributed by atoms with van der Waals surface area (Å²) in [6, 6.07) is 4.83. The Morgan fingerprint density at radius 1 is 0.391 bits per heavy atom. The molecule has 4 aromatic carbocycles. The van der Waals surface area contributed by atoms with Crippen molar-refractivity contribution in [2.75, 3.05) is 0 Å². The van der Waals surface area contributed by atoms with E-state index in [1.165, 1.54) is 0 Å². The average Bonchev–Trinajstić information content (AvgIpc) is 3.93. The molecule has 2 aromatic heterocycles. The fraction of sp³-hybridized carbons (Fsp3) is 0.0769. The van der Waals surface area contributed by atoms with Crippen molar-refractivity contribution in [3.63, 3.8) is 0 Å². The van der Waals surface area contributed by atoms with Crippen molar-refractivity contribution in [3.05, 3.63) is 117 Å². The van der Waals surface area contributed by atoms with Crippen molar-refractivity contribution < 1.29 is 65.9 Å². The molecule has 0 saturated carbocycles. The smallest absolute Gasteiger partial charge is 0.200 e. The second kappa shape index (κ2) is 10.8. The maximum Gasteiger partial charge on any atom is 0.200 e. The van der Waals surface area contributed by atoms with Crippen molar-refractivity contribution in [3.8, 4) is 5.30 Å². The Hall–Kier alpha value is -2.91. The van der Waals surface area contributed by atoms with Gasteiger partial charge in [0.15, 0.2) is 58.2 Å². The quantitative estimate of drug-likeness (QED) is 0.0715. The molecule has 6 aromatic rings. The molecule has 0 aliphatic heterocycles. The molecule has 6 rings (SSSR count). The first kappa shape index (κ1) is 33.0. The van der Waals surface area contributed by atoms with Gasteiger partial charge in [-0.2, -0.15) is 0 Å². The Labute approximate surface area is 250 Å². The van der Waals surface area contributed by atoms with Crippen molar-refractivity contribution in [2.45, 2.75) is 13.8 Å². The number of halogens is 15. The van der Waals surface area contributed by atoms with Gasteiger partial charge in [0.2, 0.25) is 0 Å². The van der Waals surface area contributed by atoms with Gasteiger partial charge in [-0.05, 0) is 31.9 Å². The number of hydrogen-bond acceptors (Lipinski definition) is 0. The van der Waals surface area contributed by atoms with Crippen molar-refractivity contribution in [2.24, 2.45) is 0 Å². The van der Waals surface area contributed by atoms with Crippen LogP contribution in [0, 0.1) is 101 Å². The fourth-order valence-corrected chi connectivity index (χ4v) is 63.7. The number of hydrogen-bond donors (Lipinski definition) is 0. The van der Waals surface area contributed by atoms with E-state index in [4.69, 9.17) is 0 Å². The van der Waals surface area contributed by atoms with Gasteiger partial charge in [0.25, 0.3) is 0 Å². The maximum absolute atomic E-state index is 15.7. The topological polar surface area (TPSA) is 0 Å². The summed E-state index contributed by atoms with van der Waals surface area (Å²) in [5.41, 5.74) is -6.17. The van der Waals surface area contributed by atoms with E-state index in [0.717, 1.165) is 0 Å². The summed E-state index contributed by atoms with van der Waals surface area (Å²) in [6.45, 7) is -1.25. The zero-order valence-corrected chi connectivity index (χ0v) is 25.8. The summed E-state index contributed by atoms with van der Waals surface area (Å²) < 4.78 is 225. The lowest BCUT2D eigenvalue weighted by atomic mass is 9.33. The Kier molecular flexibility index (Phi) is 7.76. The van der Waals surface area contributed by atoms with Gasteiger partial charge >= 0.3 is 0 Å². The summed E-state index contributed by atoms with van der Waals surface area (Å²) in [5, 5.41) is 0.588. The van der Waals surface area contributed by atoms with E-state index >= 15 is 26.3 Å². The van der Waals surface area contributed by atoms with Crippen LogP contribution in [0.1, 0.15) is 11.1 Å². The third-order valence-corrected chi connectivity index (χ3v) is 47.5.